The van der Waals surface area contributed by atoms with Crippen molar-refractivity contribution < 1.29 is 0 Å². The quantitative estimate of drug-likeness (QED) is 0.507. The lowest BCUT2D eigenvalue weighted by Gasteiger charge is -2.08. The van der Waals surface area contributed by atoms with Crippen LogP contribution in [-0.2, 0) is 6.54 Å². The first-order chi connectivity index (χ1) is 10.1. The summed E-state index contributed by atoms with van der Waals surface area (Å²) in [5, 5.41) is 11.2. The molecule has 0 amide bonds. The fourth-order valence-electron chi connectivity index (χ4n) is 2.77. The van der Waals surface area contributed by atoms with Crippen LogP contribution >= 0.6 is 11.6 Å². The molecule has 106 valence electrons. The van der Waals surface area contributed by atoms with Gasteiger partial charge in [0.25, 0.3) is 0 Å². The van der Waals surface area contributed by atoms with Gasteiger partial charge in [-0.2, -0.15) is 10.2 Å². The summed E-state index contributed by atoms with van der Waals surface area (Å²) in [6, 6.07) is 1.91. The minimum Gasteiger partial charge on any atom is -0.248 e. The number of aromatic nitrogens is 6. The monoisotopic (exact) mass is 300 g/mol. The molecule has 0 unspecified atom stereocenters. The Balaban J connectivity index is 2.36. The summed E-state index contributed by atoms with van der Waals surface area (Å²) in [4.78, 5) is 9.06. The van der Waals surface area contributed by atoms with Crippen molar-refractivity contribution >= 4 is 39.2 Å². The van der Waals surface area contributed by atoms with Gasteiger partial charge in [-0.15, -0.1) is 0 Å². The van der Waals surface area contributed by atoms with E-state index in [1.807, 2.05) is 42.2 Å². The van der Waals surface area contributed by atoms with Crippen LogP contribution in [0, 0.1) is 13.8 Å². The molecule has 0 atom stereocenters. The zero-order valence-electron chi connectivity index (χ0n) is 11.9. The smallest absolute Gasteiger partial charge is 0.160 e. The summed E-state index contributed by atoms with van der Waals surface area (Å²) in [5.41, 5.74) is 4.23. The third-order valence-corrected chi connectivity index (χ3v) is 3.96. The first-order valence-electron chi connectivity index (χ1n) is 6.78. The maximum absolute atomic E-state index is 6.37. The molecule has 6 nitrogen and oxygen atoms in total. The van der Waals surface area contributed by atoms with Crippen molar-refractivity contribution in [2.45, 2.75) is 27.3 Å². The normalized spacial score (nSPS) is 12.0. The van der Waals surface area contributed by atoms with Gasteiger partial charge in [-0.3, -0.25) is 0 Å². The SMILES string of the molecule is CCn1ncc2c1nc(C)c1c(Cl)nc3cc(C)nn3c12. The Hall–Kier alpha value is -2.21. The molecule has 4 aromatic rings. The Morgan fingerprint density at radius 1 is 1.24 bits per heavy atom. The summed E-state index contributed by atoms with van der Waals surface area (Å²) in [5.74, 6) is 0. The minimum absolute atomic E-state index is 0.452. The zero-order chi connectivity index (χ0) is 14.7. The van der Waals surface area contributed by atoms with Gasteiger partial charge in [0.05, 0.1) is 33.9 Å². The third-order valence-electron chi connectivity index (χ3n) is 3.68. The molecular weight excluding hydrogens is 288 g/mol. The van der Waals surface area contributed by atoms with Gasteiger partial charge in [0.1, 0.15) is 5.15 Å². The Bertz CT molecular complexity index is 1010. The molecule has 4 rings (SSSR count). The number of hydrogen-bond donors (Lipinski definition) is 0. The highest BCUT2D eigenvalue weighted by Gasteiger charge is 2.17. The maximum Gasteiger partial charge on any atom is 0.160 e. The molecule has 7 heteroatoms. The van der Waals surface area contributed by atoms with Crippen LogP contribution in [0.3, 0.4) is 0 Å². The van der Waals surface area contributed by atoms with Gasteiger partial charge >= 0.3 is 0 Å². The van der Waals surface area contributed by atoms with Crippen LogP contribution in [-0.4, -0.2) is 29.4 Å². The topological polar surface area (TPSA) is 60.9 Å². The van der Waals surface area contributed by atoms with Crippen LogP contribution < -0.4 is 0 Å². The van der Waals surface area contributed by atoms with Crippen LogP contribution in [0.25, 0.3) is 27.6 Å². The van der Waals surface area contributed by atoms with Crippen molar-refractivity contribution in [1.29, 1.82) is 0 Å². The highest BCUT2D eigenvalue weighted by atomic mass is 35.5. The van der Waals surface area contributed by atoms with Crippen LogP contribution in [0.4, 0.5) is 0 Å². The van der Waals surface area contributed by atoms with Gasteiger partial charge in [0.2, 0.25) is 0 Å². The molecular formula is C14H13ClN6. The van der Waals surface area contributed by atoms with Gasteiger partial charge < -0.3 is 0 Å². The van der Waals surface area contributed by atoms with Gasteiger partial charge in [-0.1, -0.05) is 11.6 Å². The van der Waals surface area contributed by atoms with Crippen LogP contribution in [0.2, 0.25) is 5.15 Å². The van der Waals surface area contributed by atoms with Crippen LogP contribution in [0.5, 0.6) is 0 Å². The number of halogens is 1. The number of rotatable bonds is 1. The largest absolute Gasteiger partial charge is 0.248 e. The number of aryl methyl sites for hydroxylation is 3. The number of nitrogens with zero attached hydrogens (tertiary/aromatic N) is 6. The summed E-state index contributed by atoms with van der Waals surface area (Å²) in [6.07, 6.45) is 1.82. The summed E-state index contributed by atoms with van der Waals surface area (Å²) < 4.78 is 3.70. The predicted octanol–water partition coefficient (Wildman–Crippen LogP) is 2.92. The first-order valence-corrected chi connectivity index (χ1v) is 7.15. The second-order valence-electron chi connectivity index (χ2n) is 5.08. The Kier molecular flexibility index (Phi) is 2.47. The van der Waals surface area contributed by atoms with Crippen molar-refractivity contribution in [3.05, 3.63) is 28.8 Å². The highest BCUT2D eigenvalue weighted by Crippen LogP contribution is 2.31. The fraction of sp³-hybridized carbons (Fsp3) is 0.286. The Labute approximate surface area is 125 Å². The van der Waals surface area contributed by atoms with Crippen molar-refractivity contribution in [3.8, 4) is 0 Å². The van der Waals surface area contributed by atoms with E-state index in [2.05, 4.69) is 20.2 Å². The van der Waals surface area contributed by atoms with E-state index in [1.165, 1.54) is 0 Å². The van der Waals surface area contributed by atoms with E-state index < -0.39 is 0 Å². The van der Waals surface area contributed by atoms with Crippen molar-refractivity contribution in [2.24, 2.45) is 0 Å². The fourth-order valence-corrected chi connectivity index (χ4v) is 3.08. The molecule has 0 saturated heterocycles. The van der Waals surface area contributed by atoms with Crippen LogP contribution in [0.1, 0.15) is 18.3 Å². The summed E-state index contributed by atoms with van der Waals surface area (Å²) >= 11 is 6.37. The standard InChI is InChI=1S/C14H13ClN6/c1-4-20-14-9(6-16-20)12-11(8(3)17-14)13(15)18-10-5-7(2)19-21(10)12/h5-6H,4H2,1-3H3. The lowest BCUT2D eigenvalue weighted by atomic mass is 10.2. The molecule has 0 aromatic carbocycles. The molecule has 0 spiro atoms. The second-order valence-corrected chi connectivity index (χ2v) is 5.43. The molecule has 0 aliphatic carbocycles. The lowest BCUT2D eigenvalue weighted by molar-refractivity contribution is 0.676. The van der Waals surface area contributed by atoms with Gasteiger partial charge in [-0.25, -0.2) is 19.2 Å². The second kappa shape index (κ2) is 4.14. The molecule has 0 aliphatic rings. The van der Waals surface area contributed by atoms with Gasteiger partial charge in [0, 0.05) is 12.6 Å². The van der Waals surface area contributed by atoms with E-state index in [4.69, 9.17) is 11.6 Å². The Morgan fingerprint density at radius 3 is 2.81 bits per heavy atom. The molecule has 0 saturated carbocycles. The summed E-state index contributed by atoms with van der Waals surface area (Å²) in [6.45, 7) is 6.68. The molecule has 0 N–H and O–H groups in total. The zero-order valence-corrected chi connectivity index (χ0v) is 12.7. The van der Waals surface area contributed by atoms with E-state index in [1.54, 1.807) is 0 Å². The highest BCUT2D eigenvalue weighted by molar-refractivity contribution is 6.35. The number of hydrogen-bond acceptors (Lipinski definition) is 4. The molecule has 4 heterocycles. The average molecular weight is 301 g/mol. The first kappa shape index (κ1) is 12.5. The minimum atomic E-state index is 0.452. The van der Waals surface area contributed by atoms with E-state index in [0.717, 1.165) is 45.5 Å². The van der Waals surface area contributed by atoms with Crippen molar-refractivity contribution in [3.63, 3.8) is 0 Å². The van der Waals surface area contributed by atoms with Gasteiger partial charge in [-0.05, 0) is 20.8 Å². The summed E-state index contributed by atoms with van der Waals surface area (Å²) in [7, 11) is 0. The number of pyridine rings is 1. The lowest BCUT2D eigenvalue weighted by Crippen LogP contribution is -2.02. The molecule has 0 fully saturated rings. The van der Waals surface area contributed by atoms with Crippen molar-refractivity contribution in [2.75, 3.05) is 0 Å². The van der Waals surface area contributed by atoms with Gasteiger partial charge in [0.15, 0.2) is 11.3 Å². The predicted molar refractivity (Wildman–Crippen MR) is 81.7 cm³/mol. The average Bonchev–Trinajstić information content (AvgIpc) is 3.00. The van der Waals surface area contributed by atoms with Crippen molar-refractivity contribution in [1.82, 2.24) is 29.4 Å². The maximum atomic E-state index is 6.37. The van der Waals surface area contributed by atoms with Crippen LogP contribution in [0.15, 0.2) is 12.3 Å². The molecule has 0 radical (unpaired) electrons. The Morgan fingerprint density at radius 2 is 2.05 bits per heavy atom. The van der Waals surface area contributed by atoms with E-state index in [-0.39, 0.29) is 0 Å². The third kappa shape index (κ3) is 1.59. The molecule has 21 heavy (non-hydrogen) atoms. The van der Waals surface area contributed by atoms with E-state index in [0.29, 0.717) is 5.15 Å². The molecule has 0 bridgehead atoms. The van der Waals surface area contributed by atoms with E-state index >= 15 is 0 Å². The van der Waals surface area contributed by atoms with E-state index in [9.17, 15) is 0 Å². The number of fused-ring (bicyclic) bond motifs is 5. The molecule has 4 aromatic heterocycles. The molecule has 0 aliphatic heterocycles.